The number of tetrazole rings is 1. The zero-order valence-electron chi connectivity index (χ0n) is 20.4. The van der Waals surface area contributed by atoms with Gasteiger partial charge in [0.25, 0.3) is 17.8 Å². The summed E-state index contributed by atoms with van der Waals surface area (Å²) in [5.74, 6) is -0.354. The van der Waals surface area contributed by atoms with E-state index in [-0.39, 0.29) is 23.8 Å². The largest absolute Gasteiger partial charge is 0.305 e. The van der Waals surface area contributed by atoms with Crippen LogP contribution in [-0.4, -0.2) is 48.7 Å². The molecule has 0 saturated heterocycles. The fourth-order valence-corrected chi connectivity index (χ4v) is 5.88. The number of benzene rings is 2. The summed E-state index contributed by atoms with van der Waals surface area (Å²) in [5.41, 5.74) is 1.85. The molecule has 1 aliphatic carbocycles. The minimum Gasteiger partial charge on any atom is -0.305 e. The Kier molecular flexibility index (Phi) is 7.26. The van der Waals surface area contributed by atoms with E-state index < -0.39 is 5.66 Å². The molecule has 192 valence electrons. The molecule has 2 aliphatic rings. The van der Waals surface area contributed by atoms with Gasteiger partial charge in [0.15, 0.2) is 0 Å². The third-order valence-electron chi connectivity index (χ3n) is 6.98. The van der Waals surface area contributed by atoms with Crippen molar-refractivity contribution in [2.24, 2.45) is 4.99 Å². The topological polar surface area (TPSA) is 116 Å². The van der Waals surface area contributed by atoms with Crippen molar-refractivity contribution in [2.45, 2.75) is 63.6 Å². The molecule has 2 heterocycles. The molecule has 0 radical (unpaired) electrons. The molecule has 5 rings (SSSR count). The first kappa shape index (κ1) is 25.4. The molecule has 1 saturated carbocycles. The van der Waals surface area contributed by atoms with Gasteiger partial charge >= 0.3 is 0 Å². The van der Waals surface area contributed by atoms with Crippen LogP contribution in [0.3, 0.4) is 0 Å². The van der Waals surface area contributed by atoms with Gasteiger partial charge in [-0.15, -0.1) is 5.10 Å². The standard InChI is InChI=1S/C26H27Cl2N7O2/c1-2-6-21(16-7-9-17(10-8-16)23(36)29-25-31-33-34-32-25)35-24(37)22(18-13-19(27)15-20(28)14-18)30-26(35)11-4-3-5-12-26/h7-10,13-15,21H,2-6,11-12H2,1H3,(H2,29,31,32,33,34,36). The third kappa shape index (κ3) is 5.10. The van der Waals surface area contributed by atoms with Crippen LogP contribution >= 0.6 is 23.2 Å². The molecule has 1 aromatic heterocycles. The second-order valence-corrected chi connectivity index (χ2v) is 10.3. The van der Waals surface area contributed by atoms with Gasteiger partial charge in [0, 0.05) is 21.2 Å². The summed E-state index contributed by atoms with van der Waals surface area (Å²) in [7, 11) is 0. The van der Waals surface area contributed by atoms with Crippen molar-refractivity contribution >= 4 is 46.7 Å². The molecular formula is C26H27Cl2N7O2. The number of rotatable bonds is 7. The lowest BCUT2D eigenvalue weighted by Crippen LogP contribution is -2.50. The van der Waals surface area contributed by atoms with Crippen LogP contribution in [0.15, 0.2) is 47.5 Å². The van der Waals surface area contributed by atoms with Crippen LogP contribution in [0.4, 0.5) is 5.95 Å². The highest BCUT2D eigenvalue weighted by molar-refractivity contribution is 6.47. The molecule has 0 bridgehead atoms. The molecule has 2 N–H and O–H groups in total. The summed E-state index contributed by atoms with van der Waals surface area (Å²) >= 11 is 12.5. The molecular weight excluding hydrogens is 513 g/mol. The van der Waals surface area contributed by atoms with Crippen LogP contribution in [-0.2, 0) is 4.79 Å². The lowest BCUT2D eigenvalue weighted by molar-refractivity contribution is -0.132. The first-order valence-corrected chi connectivity index (χ1v) is 13.2. The highest BCUT2D eigenvalue weighted by Gasteiger charge is 2.50. The van der Waals surface area contributed by atoms with Crippen molar-refractivity contribution in [2.75, 3.05) is 5.32 Å². The van der Waals surface area contributed by atoms with Gasteiger partial charge in [-0.25, -0.2) is 0 Å². The van der Waals surface area contributed by atoms with Crippen LogP contribution < -0.4 is 5.32 Å². The first-order valence-electron chi connectivity index (χ1n) is 12.4. The molecule has 1 unspecified atom stereocenters. The van der Waals surface area contributed by atoms with Crippen molar-refractivity contribution in [3.63, 3.8) is 0 Å². The van der Waals surface area contributed by atoms with Crippen molar-refractivity contribution in [1.29, 1.82) is 0 Å². The summed E-state index contributed by atoms with van der Waals surface area (Å²) in [4.78, 5) is 33.7. The molecule has 11 heteroatoms. The third-order valence-corrected chi connectivity index (χ3v) is 7.42. The predicted octanol–water partition coefficient (Wildman–Crippen LogP) is 5.59. The summed E-state index contributed by atoms with van der Waals surface area (Å²) in [6.07, 6.45) is 6.39. The van der Waals surface area contributed by atoms with Gasteiger partial charge in [-0.1, -0.05) is 60.2 Å². The van der Waals surface area contributed by atoms with Crippen LogP contribution in [0.5, 0.6) is 0 Å². The molecule has 1 aliphatic heterocycles. The fourth-order valence-electron chi connectivity index (χ4n) is 5.36. The summed E-state index contributed by atoms with van der Waals surface area (Å²) in [5, 5.41) is 16.8. The minimum absolute atomic E-state index is 0.102. The number of anilines is 1. The second kappa shape index (κ2) is 10.6. The SMILES string of the molecule is CCCC(c1ccc(C(=O)Nc2nn[nH]n2)cc1)N1C(=O)C(c2cc(Cl)cc(Cl)c2)=NC12CCCCC2. The lowest BCUT2D eigenvalue weighted by Gasteiger charge is -2.44. The molecule has 9 nitrogen and oxygen atoms in total. The lowest BCUT2D eigenvalue weighted by atomic mass is 9.86. The van der Waals surface area contributed by atoms with E-state index >= 15 is 0 Å². The summed E-state index contributed by atoms with van der Waals surface area (Å²) in [6.45, 7) is 2.10. The van der Waals surface area contributed by atoms with Crippen molar-refractivity contribution < 1.29 is 9.59 Å². The van der Waals surface area contributed by atoms with Crippen LogP contribution in [0, 0.1) is 0 Å². The van der Waals surface area contributed by atoms with E-state index in [1.165, 1.54) is 0 Å². The Hall–Kier alpha value is -3.30. The van der Waals surface area contributed by atoms with Crippen LogP contribution in [0.25, 0.3) is 0 Å². The molecule has 1 spiro atoms. The van der Waals surface area contributed by atoms with E-state index in [1.54, 1.807) is 30.3 Å². The number of hydrogen-bond acceptors (Lipinski definition) is 6. The van der Waals surface area contributed by atoms with Gasteiger partial charge in [0.1, 0.15) is 11.4 Å². The Balaban J connectivity index is 1.48. The minimum atomic E-state index is -0.603. The van der Waals surface area contributed by atoms with Crippen molar-refractivity contribution in [3.8, 4) is 0 Å². The number of amides is 2. The van der Waals surface area contributed by atoms with Crippen molar-refractivity contribution in [1.82, 2.24) is 25.5 Å². The number of aliphatic imine (C=N–C) groups is 1. The summed E-state index contributed by atoms with van der Waals surface area (Å²) in [6, 6.07) is 12.3. The number of H-pyrrole nitrogens is 1. The van der Waals surface area contributed by atoms with E-state index in [4.69, 9.17) is 28.2 Å². The Morgan fingerprint density at radius 1 is 1.11 bits per heavy atom. The monoisotopic (exact) mass is 539 g/mol. The van der Waals surface area contributed by atoms with Crippen LogP contribution in [0.1, 0.15) is 79.4 Å². The van der Waals surface area contributed by atoms with E-state index in [1.807, 2.05) is 17.0 Å². The van der Waals surface area contributed by atoms with E-state index in [0.29, 0.717) is 26.9 Å². The molecule has 2 amide bonds. The number of nitrogens with one attached hydrogen (secondary N) is 2. The Morgan fingerprint density at radius 2 is 1.81 bits per heavy atom. The van der Waals surface area contributed by atoms with Crippen molar-refractivity contribution in [3.05, 3.63) is 69.2 Å². The predicted molar refractivity (Wildman–Crippen MR) is 142 cm³/mol. The maximum atomic E-state index is 14.1. The maximum Gasteiger partial charge on any atom is 0.275 e. The number of halogens is 2. The number of carbonyl (C=O) groups excluding carboxylic acids is 2. The van der Waals surface area contributed by atoms with E-state index in [9.17, 15) is 9.59 Å². The van der Waals surface area contributed by atoms with E-state index in [2.05, 4.69) is 32.9 Å². The maximum absolute atomic E-state index is 14.1. The van der Waals surface area contributed by atoms with Gasteiger partial charge in [-0.05, 0) is 73.2 Å². The fraction of sp³-hybridized carbons (Fsp3) is 0.385. The van der Waals surface area contributed by atoms with Gasteiger partial charge in [-0.3, -0.25) is 19.9 Å². The van der Waals surface area contributed by atoms with Gasteiger partial charge in [0.05, 0.1) is 6.04 Å². The quantitative estimate of drug-likeness (QED) is 0.405. The molecule has 3 aromatic rings. The van der Waals surface area contributed by atoms with Gasteiger partial charge in [0.2, 0.25) is 0 Å². The highest BCUT2D eigenvalue weighted by Crippen LogP contribution is 2.45. The molecule has 37 heavy (non-hydrogen) atoms. The Bertz CT molecular complexity index is 1300. The average molecular weight is 540 g/mol. The number of carbonyl (C=O) groups is 2. The first-order chi connectivity index (χ1) is 17.9. The molecule has 2 aromatic carbocycles. The number of aromatic nitrogens is 4. The number of aromatic amines is 1. The smallest absolute Gasteiger partial charge is 0.275 e. The normalized spacial score (nSPS) is 17.6. The van der Waals surface area contributed by atoms with Gasteiger partial charge < -0.3 is 4.90 Å². The Morgan fingerprint density at radius 3 is 2.43 bits per heavy atom. The summed E-state index contributed by atoms with van der Waals surface area (Å²) < 4.78 is 0. The number of nitrogens with zero attached hydrogens (tertiary/aromatic N) is 5. The second-order valence-electron chi connectivity index (χ2n) is 9.45. The van der Waals surface area contributed by atoms with Gasteiger partial charge in [-0.2, -0.15) is 5.21 Å². The zero-order chi connectivity index (χ0) is 26.0. The van der Waals surface area contributed by atoms with E-state index in [0.717, 1.165) is 50.5 Å². The average Bonchev–Trinajstić information content (AvgIpc) is 3.49. The zero-order valence-corrected chi connectivity index (χ0v) is 21.9. The highest BCUT2D eigenvalue weighted by atomic mass is 35.5. The molecule has 1 fully saturated rings. The van der Waals surface area contributed by atoms with Crippen LogP contribution in [0.2, 0.25) is 10.0 Å². The number of hydrogen-bond donors (Lipinski definition) is 2. The molecule has 1 atom stereocenters. The Labute approximate surface area is 224 Å².